The van der Waals surface area contributed by atoms with Crippen LogP contribution in [0.3, 0.4) is 0 Å². The second-order valence-corrected chi connectivity index (χ2v) is 5.54. The van der Waals surface area contributed by atoms with Gasteiger partial charge < -0.3 is 19.9 Å². The van der Waals surface area contributed by atoms with Crippen LogP contribution in [0.25, 0.3) is 0 Å². The fourth-order valence-corrected chi connectivity index (χ4v) is 2.46. The van der Waals surface area contributed by atoms with E-state index < -0.39 is 0 Å². The van der Waals surface area contributed by atoms with Gasteiger partial charge in [-0.15, -0.1) is 0 Å². The minimum absolute atomic E-state index is 0.253. The highest BCUT2D eigenvalue weighted by Crippen LogP contribution is 2.48. The van der Waals surface area contributed by atoms with E-state index in [1.54, 1.807) is 13.2 Å². The van der Waals surface area contributed by atoms with E-state index in [9.17, 15) is 5.11 Å². The van der Waals surface area contributed by atoms with E-state index in [4.69, 9.17) is 9.47 Å². The van der Waals surface area contributed by atoms with Gasteiger partial charge in [-0.25, -0.2) is 0 Å². The van der Waals surface area contributed by atoms with E-state index in [2.05, 4.69) is 5.32 Å². The molecule has 0 spiro atoms. The molecule has 1 aromatic rings. The maximum absolute atomic E-state index is 10.1. The highest BCUT2D eigenvalue weighted by molar-refractivity contribution is 5.45. The number of phenolic OH excluding ortho intramolecular Hbond substituents is 1. The average Bonchev–Trinajstić information content (AvgIpc) is 3.21. The average molecular weight is 279 g/mol. The van der Waals surface area contributed by atoms with Crippen molar-refractivity contribution < 1.29 is 14.6 Å². The largest absolute Gasteiger partial charge is 0.504 e. The molecule has 1 aromatic carbocycles. The second kappa shape index (κ2) is 6.95. The third kappa shape index (κ3) is 3.87. The van der Waals surface area contributed by atoms with Gasteiger partial charge in [-0.2, -0.15) is 0 Å². The first-order valence-electron chi connectivity index (χ1n) is 7.34. The van der Waals surface area contributed by atoms with Gasteiger partial charge in [0, 0.05) is 32.4 Å². The Morgan fingerprint density at radius 3 is 2.80 bits per heavy atom. The Morgan fingerprint density at radius 2 is 2.15 bits per heavy atom. The van der Waals surface area contributed by atoms with Gasteiger partial charge in [0.2, 0.25) is 0 Å². The summed E-state index contributed by atoms with van der Waals surface area (Å²) in [4.78, 5) is 0. The molecule has 4 nitrogen and oxygen atoms in total. The van der Waals surface area contributed by atoms with Gasteiger partial charge in [-0.05, 0) is 37.7 Å². The number of hydrogen-bond acceptors (Lipinski definition) is 4. The molecule has 1 aliphatic carbocycles. The Bertz CT molecular complexity index is 430. The molecule has 0 bridgehead atoms. The van der Waals surface area contributed by atoms with Gasteiger partial charge in [-0.1, -0.05) is 12.1 Å². The van der Waals surface area contributed by atoms with Gasteiger partial charge >= 0.3 is 0 Å². The lowest BCUT2D eigenvalue weighted by molar-refractivity contribution is 0.171. The Balaban J connectivity index is 1.84. The molecule has 2 N–H and O–H groups in total. The maximum atomic E-state index is 10.1. The fourth-order valence-electron chi connectivity index (χ4n) is 2.46. The molecule has 1 aliphatic rings. The van der Waals surface area contributed by atoms with E-state index in [0.29, 0.717) is 24.3 Å². The minimum Gasteiger partial charge on any atom is -0.504 e. The van der Waals surface area contributed by atoms with Gasteiger partial charge in [0.05, 0.1) is 6.61 Å². The number of aromatic hydroxyl groups is 1. The zero-order chi connectivity index (χ0) is 14.4. The third-order valence-electron chi connectivity index (χ3n) is 3.99. The first-order chi connectivity index (χ1) is 9.71. The van der Waals surface area contributed by atoms with Gasteiger partial charge in [0.1, 0.15) is 0 Å². The highest BCUT2D eigenvalue weighted by Gasteiger charge is 2.41. The van der Waals surface area contributed by atoms with E-state index in [1.165, 1.54) is 12.8 Å². The molecule has 0 radical (unpaired) electrons. The van der Waals surface area contributed by atoms with Crippen molar-refractivity contribution in [3.05, 3.63) is 23.8 Å². The highest BCUT2D eigenvalue weighted by atomic mass is 16.5. The van der Waals surface area contributed by atoms with Crippen molar-refractivity contribution in [3.63, 3.8) is 0 Å². The molecule has 0 unspecified atom stereocenters. The molecule has 0 aromatic heterocycles. The van der Waals surface area contributed by atoms with Crippen molar-refractivity contribution in [1.82, 2.24) is 5.32 Å². The summed E-state index contributed by atoms with van der Waals surface area (Å²) in [6, 6.07) is 5.64. The zero-order valence-electron chi connectivity index (χ0n) is 12.4. The Kier molecular flexibility index (Phi) is 5.26. The maximum Gasteiger partial charge on any atom is 0.162 e. The summed E-state index contributed by atoms with van der Waals surface area (Å²) in [5.74, 6) is 0.816. The van der Waals surface area contributed by atoms with Crippen LogP contribution >= 0.6 is 0 Å². The molecule has 0 amide bonds. The van der Waals surface area contributed by atoms with Gasteiger partial charge in [0.15, 0.2) is 11.5 Å². The lowest BCUT2D eigenvalue weighted by Crippen LogP contribution is -2.24. The third-order valence-corrected chi connectivity index (χ3v) is 3.99. The number of benzene rings is 1. The van der Waals surface area contributed by atoms with Crippen LogP contribution in [0.15, 0.2) is 18.2 Å². The van der Waals surface area contributed by atoms with Crippen molar-refractivity contribution in [2.24, 2.45) is 5.41 Å². The van der Waals surface area contributed by atoms with Crippen LogP contribution in [0.5, 0.6) is 11.5 Å². The lowest BCUT2D eigenvalue weighted by atomic mass is 10.0. The quantitative estimate of drug-likeness (QED) is 0.730. The van der Waals surface area contributed by atoms with E-state index in [1.807, 2.05) is 19.1 Å². The summed E-state index contributed by atoms with van der Waals surface area (Å²) in [6.45, 7) is 4.95. The Labute approximate surface area is 121 Å². The summed E-state index contributed by atoms with van der Waals surface area (Å²) < 4.78 is 10.6. The normalized spacial score (nSPS) is 16.1. The van der Waals surface area contributed by atoms with Crippen molar-refractivity contribution in [2.75, 3.05) is 26.9 Å². The fraction of sp³-hybridized carbons (Fsp3) is 0.625. The standard InChI is InChI=1S/C16H25NO3/c1-3-20-14-6-4-5-13(15(14)18)11-17-12-16(7-8-16)9-10-19-2/h4-6,17-18H,3,7-12H2,1-2H3. The molecule has 0 heterocycles. The molecular formula is C16H25NO3. The molecule has 0 aliphatic heterocycles. The van der Waals surface area contributed by atoms with Crippen LogP contribution in [-0.4, -0.2) is 32.0 Å². The number of nitrogens with one attached hydrogen (secondary N) is 1. The lowest BCUT2D eigenvalue weighted by Gasteiger charge is -2.16. The van der Waals surface area contributed by atoms with Crippen LogP contribution in [0.1, 0.15) is 31.7 Å². The van der Waals surface area contributed by atoms with Crippen LogP contribution < -0.4 is 10.1 Å². The smallest absolute Gasteiger partial charge is 0.162 e. The molecule has 1 saturated carbocycles. The summed E-state index contributed by atoms with van der Waals surface area (Å²) in [6.07, 6.45) is 3.66. The molecule has 0 saturated heterocycles. The van der Waals surface area contributed by atoms with Crippen LogP contribution in [0.4, 0.5) is 0 Å². The monoisotopic (exact) mass is 279 g/mol. The molecule has 20 heavy (non-hydrogen) atoms. The van der Waals surface area contributed by atoms with Crippen molar-refractivity contribution in [3.8, 4) is 11.5 Å². The Morgan fingerprint density at radius 1 is 1.35 bits per heavy atom. The first-order valence-corrected chi connectivity index (χ1v) is 7.34. The molecule has 2 rings (SSSR count). The molecule has 1 fully saturated rings. The van der Waals surface area contributed by atoms with Crippen molar-refractivity contribution in [1.29, 1.82) is 0 Å². The summed E-state index contributed by atoms with van der Waals surface area (Å²) >= 11 is 0. The summed E-state index contributed by atoms with van der Waals surface area (Å²) in [5, 5.41) is 13.6. The van der Waals surface area contributed by atoms with E-state index >= 15 is 0 Å². The van der Waals surface area contributed by atoms with Crippen LogP contribution in [-0.2, 0) is 11.3 Å². The minimum atomic E-state index is 0.253. The molecule has 0 atom stereocenters. The molecule has 4 heteroatoms. The van der Waals surface area contributed by atoms with Crippen LogP contribution in [0, 0.1) is 5.41 Å². The van der Waals surface area contributed by atoms with E-state index in [0.717, 1.165) is 25.1 Å². The van der Waals surface area contributed by atoms with Crippen molar-refractivity contribution >= 4 is 0 Å². The number of phenols is 1. The zero-order valence-corrected chi connectivity index (χ0v) is 12.4. The van der Waals surface area contributed by atoms with Crippen LogP contribution in [0.2, 0.25) is 0 Å². The summed E-state index contributed by atoms with van der Waals surface area (Å²) in [5.41, 5.74) is 1.31. The first kappa shape index (κ1) is 15.1. The van der Waals surface area contributed by atoms with E-state index in [-0.39, 0.29) is 5.75 Å². The molecule has 112 valence electrons. The number of methoxy groups -OCH3 is 1. The molecular weight excluding hydrogens is 254 g/mol. The number of rotatable bonds is 9. The topological polar surface area (TPSA) is 50.7 Å². The number of hydrogen-bond donors (Lipinski definition) is 2. The predicted molar refractivity (Wildman–Crippen MR) is 79.1 cm³/mol. The predicted octanol–water partition coefficient (Wildman–Crippen LogP) is 2.70. The number of ether oxygens (including phenoxy) is 2. The SMILES string of the molecule is CCOc1cccc(CNCC2(CCOC)CC2)c1O. The Hall–Kier alpha value is -1.26. The number of para-hydroxylation sites is 1. The van der Waals surface area contributed by atoms with Crippen molar-refractivity contribution in [2.45, 2.75) is 32.7 Å². The van der Waals surface area contributed by atoms with Gasteiger partial charge in [-0.3, -0.25) is 0 Å². The summed E-state index contributed by atoms with van der Waals surface area (Å²) in [7, 11) is 1.75. The second-order valence-electron chi connectivity index (χ2n) is 5.54. The van der Waals surface area contributed by atoms with Gasteiger partial charge in [0.25, 0.3) is 0 Å².